The van der Waals surface area contributed by atoms with Crippen molar-refractivity contribution in [1.82, 2.24) is 5.48 Å². The van der Waals surface area contributed by atoms with E-state index in [0.717, 1.165) is 12.8 Å². The number of rotatable bonds is 4. The Morgan fingerprint density at radius 1 is 1.18 bits per heavy atom. The lowest BCUT2D eigenvalue weighted by Crippen LogP contribution is -2.35. The van der Waals surface area contributed by atoms with Gasteiger partial charge in [-0.25, -0.2) is 0 Å². The molecule has 0 rings (SSSR count). The Balaban J connectivity index is 3.51. The number of hydroxylamine groups is 1. The van der Waals surface area contributed by atoms with E-state index in [-0.39, 0.29) is 5.60 Å². The summed E-state index contributed by atoms with van der Waals surface area (Å²) in [5, 5.41) is 0. The summed E-state index contributed by atoms with van der Waals surface area (Å²) < 4.78 is 0. The van der Waals surface area contributed by atoms with Crippen molar-refractivity contribution in [3.63, 3.8) is 0 Å². The minimum absolute atomic E-state index is 0.0808. The standard InChI is InChI=1S/C9H21NO/c1-6-8(7-2)10-11-9(3,4)5/h8,10H,6-7H2,1-5H3. The lowest BCUT2D eigenvalue weighted by molar-refractivity contribution is -0.0891. The molecule has 0 aliphatic carbocycles. The zero-order chi connectivity index (χ0) is 8.91. The van der Waals surface area contributed by atoms with E-state index in [1.807, 2.05) is 20.8 Å². The first kappa shape index (κ1) is 10.9. The van der Waals surface area contributed by atoms with Crippen molar-refractivity contribution in [2.24, 2.45) is 0 Å². The fourth-order valence-electron chi connectivity index (χ4n) is 0.715. The maximum atomic E-state index is 5.42. The normalized spacial score (nSPS) is 12.5. The summed E-state index contributed by atoms with van der Waals surface area (Å²) in [7, 11) is 0. The highest BCUT2D eigenvalue weighted by Crippen LogP contribution is 2.06. The fraction of sp³-hybridized carbons (Fsp3) is 1.00. The van der Waals surface area contributed by atoms with Gasteiger partial charge in [0.2, 0.25) is 0 Å². The molecule has 0 saturated carbocycles. The largest absolute Gasteiger partial charge is 0.296 e. The lowest BCUT2D eigenvalue weighted by Gasteiger charge is -2.23. The van der Waals surface area contributed by atoms with Crippen LogP contribution in [0, 0.1) is 0 Å². The van der Waals surface area contributed by atoms with Gasteiger partial charge in [0.05, 0.1) is 5.60 Å². The Morgan fingerprint density at radius 3 is 1.91 bits per heavy atom. The summed E-state index contributed by atoms with van der Waals surface area (Å²) in [5.74, 6) is 0. The second-order valence-corrected chi connectivity index (χ2v) is 3.85. The van der Waals surface area contributed by atoms with Gasteiger partial charge in [0.1, 0.15) is 0 Å². The third kappa shape index (κ3) is 6.32. The molecule has 0 heterocycles. The summed E-state index contributed by atoms with van der Waals surface area (Å²) in [6, 6.07) is 0.495. The van der Waals surface area contributed by atoms with Crippen molar-refractivity contribution in [2.45, 2.75) is 59.1 Å². The number of hydrogen-bond donors (Lipinski definition) is 1. The van der Waals surface area contributed by atoms with Crippen LogP contribution < -0.4 is 5.48 Å². The average Bonchev–Trinajstić information content (AvgIpc) is 1.88. The molecule has 0 bridgehead atoms. The first-order valence-electron chi connectivity index (χ1n) is 4.43. The van der Waals surface area contributed by atoms with Crippen LogP contribution in [0.2, 0.25) is 0 Å². The van der Waals surface area contributed by atoms with E-state index in [9.17, 15) is 0 Å². The van der Waals surface area contributed by atoms with Crippen molar-refractivity contribution in [3.05, 3.63) is 0 Å². The highest BCUT2D eigenvalue weighted by molar-refractivity contribution is 4.60. The molecule has 0 radical (unpaired) electrons. The van der Waals surface area contributed by atoms with E-state index in [0.29, 0.717) is 6.04 Å². The van der Waals surface area contributed by atoms with Gasteiger partial charge in [-0.05, 0) is 33.6 Å². The van der Waals surface area contributed by atoms with E-state index < -0.39 is 0 Å². The Hall–Kier alpha value is -0.0800. The molecule has 1 N–H and O–H groups in total. The zero-order valence-electron chi connectivity index (χ0n) is 8.40. The maximum absolute atomic E-state index is 5.42. The van der Waals surface area contributed by atoms with Gasteiger partial charge in [0, 0.05) is 6.04 Å². The highest BCUT2D eigenvalue weighted by Gasteiger charge is 2.12. The summed E-state index contributed by atoms with van der Waals surface area (Å²) in [5.41, 5.74) is 2.98. The molecule has 68 valence electrons. The molecule has 0 spiro atoms. The van der Waals surface area contributed by atoms with Crippen LogP contribution in [0.1, 0.15) is 47.5 Å². The lowest BCUT2D eigenvalue weighted by atomic mass is 10.2. The van der Waals surface area contributed by atoms with Gasteiger partial charge in [-0.3, -0.25) is 4.84 Å². The monoisotopic (exact) mass is 159 g/mol. The molecule has 0 aliphatic rings. The molecular formula is C9H21NO. The Labute approximate surface area is 70.3 Å². The second kappa shape index (κ2) is 4.73. The quantitative estimate of drug-likeness (QED) is 0.636. The molecule has 2 heteroatoms. The zero-order valence-corrected chi connectivity index (χ0v) is 8.40. The molecule has 11 heavy (non-hydrogen) atoms. The van der Waals surface area contributed by atoms with E-state index in [4.69, 9.17) is 4.84 Å². The molecule has 0 unspecified atom stereocenters. The molecule has 0 aromatic rings. The average molecular weight is 159 g/mol. The van der Waals surface area contributed by atoms with Crippen LogP contribution in [-0.2, 0) is 4.84 Å². The van der Waals surface area contributed by atoms with E-state index >= 15 is 0 Å². The molecule has 0 aromatic heterocycles. The van der Waals surface area contributed by atoms with Crippen molar-refractivity contribution >= 4 is 0 Å². The highest BCUT2D eigenvalue weighted by atomic mass is 16.7. The predicted molar refractivity (Wildman–Crippen MR) is 48.3 cm³/mol. The summed E-state index contributed by atoms with van der Waals surface area (Å²) in [6.07, 6.45) is 2.24. The molecule has 0 saturated heterocycles. The molecular weight excluding hydrogens is 138 g/mol. The molecule has 2 nitrogen and oxygen atoms in total. The van der Waals surface area contributed by atoms with Crippen LogP contribution in [0.5, 0.6) is 0 Å². The van der Waals surface area contributed by atoms with Crippen LogP contribution >= 0.6 is 0 Å². The third-order valence-electron chi connectivity index (χ3n) is 1.52. The summed E-state index contributed by atoms with van der Waals surface area (Å²) in [4.78, 5) is 5.42. The van der Waals surface area contributed by atoms with Crippen LogP contribution in [-0.4, -0.2) is 11.6 Å². The Kier molecular flexibility index (Phi) is 4.69. The van der Waals surface area contributed by atoms with Gasteiger partial charge < -0.3 is 0 Å². The maximum Gasteiger partial charge on any atom is 0.0813 e. The van der Waals surface area contributed by atoms with Crippen LogP contribution in [0.25, 0.3) is 0 Å². The van der Waals surface area contributed by atoms with Crippen molar-refractivity contribution in [1.29, 1.82) is 0 Å². The smallest absolute Gasteiger partial charge is 0.0813 e. The minimum atomic E-state index is -0.0808. The van der Waals surface area contributed by atoms with Gasteiger partial charge in [-0.1, -0.05) is 13.8 Å². The van der Waals surface area contributed by atoms with Crippen LogP contribution in [0.15, 0.2) is 0 Å². The van der Waals surface area contributed by atoms with Gasteiger partial charge in [-0.2, -0.15) is 5.48 Å². The van der Waals surface area contributed by atoms with Crippen molar-refractivity contribution < 1.29 is 4.84 Å². The van der Waals surface area contributed by atoms with Gasteiger partial charge >= 0.3 is 0 Å². The molecule has 0 amide bonds. The molecule has 0 aliphatic heterocycles. The van der Waals surface area contributed by atoms with Gasteiger partial charge in [0.15, 0.2) is 0 Å². The van der Waals surface area contributed by atoms with E-state index in [1.165, 1.54) is 0 Å². The summed E-state index contributed by atoms with van der Waals surface area (Å²) in [6.45, 7) is 10.5. The van der Waals surface area contributed by atoms with Crippen LogP contribution in [0.4, 0.5) is 0 Å². The molecule has 0 atom stereocenters. The fourth-order valence-corrected chi connectivity index (χ4v) is 0.715. The Bertz CT molecular complexity index is 92.2. The van der Waals surface area contributed by atoms with Gasteiger partial charge in [0.25, 0.3) is 0 Å². The van der Waals surface area contributed by atoms with E-state index in [1.54, 1.807) is 0 Å². The van der Waals surface area contributed by atoms with Crippen LogP contribution in [0.3, 0.4) is 0 Å². The molecule has 0 fully saturated rings. The molecule has 0 aromatic carbocycles. The summed E-state index contributed by atoms with van der Waals surface area (Å²) >= 11 is 0. The number of hydrogen-bond acceptors (Lipinski definition) is 2. The SMILES string of the molecule is CCC(CC)NOC(C)(C)C. The second-order valence-electron chi connectivity index (χ2n) is 3.85. The topological polar surface area (TPSA) is 21.3 Å². The van der Waals surface area contributed by atoms with Crippen molar-refractivity contribution in [2.75, 3.05) is 0 Å². The Morgan fingerprint density at radius 2 is 1.64 bits per heavy atom. The minimum Gasteiger partial charge on any atom is -0.296 e. The predicted octanol–water partition coefficient (Wildman–Crippen LogP) is 2.49. The van der Waals surface area contributed by atoms with Crippen molar-refractivity contribution in [3.8, 4) is 0 Å². The third-order valence-corrected chi connectivity index (χ3v) is 1.52. The first-order valence-corrected chi connectivity index (χ1v) is 4.43. The first-order chi connectivity index (χ1) is 4.99. The van der Waals surface area contributed by atoms with Gasteiger partial charge in [-0.15, -0.1) is 0 Å². The number of nitrogens with one attached hydrogen (secondary N) is 1. The van der Waals surface area contributed by atoms with E-state index in [2.05, 4.69) is 19.3 Å².